The van der Waals surface area contributed by atoms with E-state index in [0.29, 0.717) is 42.8 Å². The number of para-hydroxylation sites is 1. The minimum Gasteiger partial charge on any atom is -0.507 e. The molecule has 8 heteroatoms. The van der Waals surface area contributed by atoms with Gasteiger partial charge in [-0.05, 0) is 49.6 Å². The van der Waals surface area contributed by atoms with Gasteiger partial charge in [-0.25, -0.2) is 0 Å². The van der Waals surface area contributed by atoms with Crippen LogP contribution >= 0.6 is 0 Å². The maximum Gasteiger partial charge on any atom is 0.296 e. The Morgan fingerprint density at radius 2 is 1.92 bits per heavy atom. The molecule has 1 spiro atoms. The smallest absolute Gasteiger partial charge is 0.296 e. The summed E-state index contributed by atoms with van der Waals surface area (Å²) in [5.41, 5.74) is 0.553. The predicted octanol–water partition coefficient (Wildman–Crippen LogP) is 3.77. The summed E-state index contributed by atoms with van der Waals surface area (Å²) in [5.74, 6) is -1.67. The molecule has 0 bridgehead atoms. The number of Topliss-reactive ketones (excluding diaryl/α,β-unsaturated/α-hetero) is 1. The maximum absolute atomic E-state index is 14.4. The molecule has 0 aromatic heterocycles. The molecule has 1 N–H and O–H groups in total. The second kappa shape index (κ2) is 9.67. The predicted molar refractivity (Wildman–Crippen MR) is 138 cm³/mol. The van der Waals surface area contributed by atoms with Crippen molar-refractivity contribution >= 4 is 29.0 Å². The van der Waals surface area contributed by atoms with E-state index in [1.54, 1.807) is 42.3 Å². The molecule has 2 aromatic carbocycles. The summed E-state index contributed by atoms with van der Waals surface area (Å²) in [6, 6.07) is 12.4. The molecule has 8 nitrogen and oxygen atoms in total. The van der Waals surface area contributed by atoms with E-state index in [1.807, 2.05) is 26.0 Å². The zero-order valence-corrected chi connectivity index (χ0v) is 21.5. The van der Waals surface area contributed by atoms with Gasteiger partial charge in [0.25, 0.3) is 17.6 Å². The van der Waals surface area contributed by atoms with E-state index in [2.05, 4.69) is 0 Å². The Kier molecular flexibility index (Phi) is 6.54. The highest BCUT2D eigenvalue weighted by Crippen LogP contribution is 2.53. The third kappa shape index (κ3) is 3.73. The lowest BCUT2D eigenvalue weighted by molar-refractivity contribution is -0.143. The average molecular weight is 505 g/mol. The van der Waals surface area contributed by atoms with Crippen LogP contribution in [0.15, 0.2) is 48.0 Å². The third-order valence-electron chi connectivity index (χ3n) is 7.44. The van der Waals surface area contributed by atoms with Gasteiger partial charge in [-0.15, -0.1) is 0 Å². The van der Waals surface area contributed by atoms with Crippen LogP contribution in [0.4, 0.5) is 5.69 Å². The summed E-state index contributed by atoms with van der Waals surface area (Å²) in [6.45, 7) is 4.94. The first kappa shape index (κ1) is 25.0. The van der Waals surface area contributed by atoms with Crippen LogP contribution < -0.4 is 9.64 Å². The van der Waals surface area contributed by atoms with E-state index >= 15 is 0 Å². The Hall–Kier alpha value is -3.65. The van der Waals surface area contributed by atoms with Crippen LogP contribution in [0, 0.1) is 0 Å². The van der Waals surface area contributed by atoms with Gasteiger partial charge in [0.15, 0.2) is 5.54 Å². The number of aliphatic hydroxyl groups is 1. The summed E-state index contributed by atoms with van der Waals surface area (Å²) >= 11 is 0. The first-order chi connectivity index (χ1) is 17.9. The van der Waals surface area contributed by atoms with Crippen molar-refractivity contribution in [3.63, 3.8) is 0 Å². The summed E-state index contributed by atoms with van der Waals surface area (Å²) in [4.78, 5) is 44.5. The number of unbranched alkanes of at least 4 members (excludes halogenated alkanes) is 1. The number of likely N-dealkylation sites (tertiary alicyclic amines) is 1. The fraction of sp³-hybridized carbons (Fsp3) is 0.414. The van der Waals surface area contributed by atoms with Gasteiger partial charge in [0.1, 0.15) is 17.6 Å². The molecule has 194 valence electrons. The second-order valence-electron chi connectivity index (χ2n) is 9.85. The molecule has 5 rings (SSSR count). The molecule has 0 saturated carbocycles. The van der Waals surface area contributed by atoms with Crippen molar-refractivity contribution in [3.8, 4) is 5.75 Å². The van der Waals surface area contributed by atoms with Crippen LogP contribution in [0.25, 0.3) is 5.76 Å². The number of amides is 2. The largest absolute Gasteiger partial charge is 0.507 e. The van der Waals surface area contributed by atoms with E-state index in [4.69, 9.17) is 9.47 Å². The lowest BCUT2D eigenvalue weighted by Crippen LogP contribution is -2.52. The summed E-state index contributed by atoms with van der Waals surface area (Å²) in [6.07, 6.45) is 2.74. The fourth-order valence-corrected chi connectivity index (χ4v) is 5.79. The average Bonchev–Trinajstić information content (AvgIpc) is 3.46. The number of ketones is 1. The molecule has 0 radical (unpaired) electrons. The quantitative estimate of drug-likeness (QED) is 0.255. The van der Waals surface area contributed by atoms with Gasteiger partial charge in [0.2, 0.25) is 0 Å². The number of carbonyl (C=O) groups excluding carboxylic acids is 3. The number of rotatable bonds is 8. The van der Waals surface area contributed by atoms with Crippen molar-refractivity contribution in [3.05, 3.63) is 64.7 Å². The van der Waals surface area contributed by atoms with Gasteiger partial charge < -0.3 is 24.4 Å². The Morgan fingerprint density at radius 1 is 1.14 bits per heavy atom. The molecule has 3 aliphatic rings. The van der Waals surface area contributed by atoms with Gasteiger partial charge >= 0.3 is 0 Å². The normalized spacial score (nSPS) is 23.6. The van der Waals surface area contributed by atoms with Crippen molar-refractivity contribution in [2.24, 2.45) is 0 Å². The van der Waals surface area contributed by atoms with Crippen molar-refractivity contribution in [2.75, 3.05) is 31.7 Å². The Morgan fingerprint density at radius 3 is 2.68 bits per heavy atom. The topological polar surface area (TPSA) is 96.4 Å². The zero-order chi connectivity index (χ0) is 26.3. The van der Waals surface area contributed by atoms with Crippen LogP contribution in [0.1, 0.15) is 49.8 Å². The lowest BCUT2D eigenvalue weighted by Gasteiger charge is -2.34. The molecule has 2 atom stereocenters. The monoisotopic (exact) mass is 504 g/mol. The van der Waals surface area contributed by atoms with Crippen molar-refractivity contribution in [2.45, 2.75) is 51.2 Å². The molecule has 0 unspecified atom stereocenters. The standard InChI is InChI=1S/C29H32N2O6/c1-4-5-13-30-22-10-7-6-9-21(22)29(28(30)35)24(26(33)27(34)31(29)14-8-15-36-3)25(32)19-11-12-23-20(17-19)16-18(2)37-23/h6-7,9-12,17-18,32H,4-5,8,13-16H2,1-3H3/t18-,29+/m0/s1. The highest BCUT2D eigenvalue weighted by atomic mass is 16.5. The van der Waals surface area contributed by atoms with E-state index in [1.165, 1.54) is 4.90 Å². The number of methoxy groups -OCH3 is 1. The first-order valence-electron chi connectivity index (χ1n) is 12.9. The molecule has 1 fully saturated rings. The van der Waals surface area contributed by atoms with Gasteiger partial charge in [-0.1, -0.05) is 31.5 Å². The van der Waals surface area contributed by atoms with Gasteiger partial charge in [0.05, 0.1) is 11.3 Å². The summed E-state index contributed by atoms with van der Waals surface area (Å²) in [5, 5.41) is 11.7. The number of carbonyl (C=O) groups is 3. The van der Waals surface area contributed by atoms with Crippen LogP contribution in [0.3, 0.4) is 0 Å². The van der Waals surface area contributed by atoms with Crippen LogP contribution in [-0.4, -0.2) is 60.5 Å². The number of ether oxygens (including phenoxy) is 2. The van der Waals surface area contributed by atoms with Crippen LogP contribution in [0.2, 0.25) is 0 Å². The van der Waals surface area contributed by atoms with Crippen molar-refractivity contribution < 1.29 is 29.0 Å². The first-order valence-corrected chi connectivity index (χ1v) is 12.9. The van der Waals surface area contributed by atoms with Crippen molar-refractivity contribution in [1.82, 2.24) is 4.90 Å². The number of benzene rings is 2. The molecule has 37 heavy (non-hydrogen) atoms. The SMILES string of the molecule is CCCCN1C(=O)[C@]2(C(=C(O)c3ccc4c(c3)C[C@H](C)O4)C(=O)C(=O)N2CCCOC)c2ccccc21. The Balaban J connectivity index is 1.74. The number of anilines is 1. The maximum atomic E-state index is 14.4. The van der Waals surface area contributed by atoms with Gasteiger partial charge in [-0.2, -0.15) is 0 Å². The number of nitrogens with zero attached hydrogens (tertiary/aromatic N) is 2. The van der Waals surface area contributed by atoms with Gasteiger partial charge in [0, 0.05) is 44.4 Å². The molecule has 1 saturated heterocycles. The number of aliphatic hydroxyl groups excluding tert-OH is 1. The van der Waals surface area contributed by atoms with E-state index < -0.39 is 23.1 Å². The lowest BCUT2D eigenvalue weighted by atomic mass is 9.81. The van der Waals surface area contributed by atoms with E-state index in [-0.39, 0.29) is 24.0 Å². The van der Waals surface area contributed by atoms with E-state index in [0.717, 1.165) is 24.2 Å². The minimum absolute atomic E-state index is 0.00719. The minimum atomic E-state index is -1.74. The summed E-state index contributed by atoms with van der Waals surface area (Å²) < 4.78 is 11.0. The molecule has 2 aromatic rings. The van der Waals surface area contributed by atoms with Crippen LogP contribution in [0.5, 0.6) is 5.75 Å². The van der Waals surface area contributed by atoms with E-state index in [9.17, 15) is 19.5 Å². The molecular formula is C29H32N2O6. The highest BCUT2D eigenvalue weighted by molar-refractivity contribution is 6.50. The zero-order valence-electron chi connectivity index (χ0n) is 21.5. The summed E-state index contributed by atoms with van der Waals surface area (Å²) in [7, 11) is 1.56. The highest BCUT2D eigenvalue weighted by Gasteiger charge is 2.66. The Bertz CT molecular complexity index is 1300. The van der Waals surface area contributed by atoms with Gasteiger partial charge in [-0.3, -0.25) is 14.4 Å². The van der Waals surface area contributed by atoms with Crippen molar-refractivity contribution in [1.29, 1.82) is 0 Å². The number of fused-ring (bicyclic) bond motifs is 3. The number of hydrogen-bond donors (Lipinski definition) is 1. The molecule has 3 heterocycles. The van der Waals surface area contributed by atoms with Crippen LogP contribution in [-0.2, 0) is 31.1 Å². The third-order valence-corrected chi connectivity index (χ3v) is 7.44. The molecule has 0 aliphatic carbocycles. The Labute approximate surface area is 216 Å². The fourth-order valence-electron chi connectivity index (χ4n) is 5.79. The molecular weight excluding hydrogens is 472 g/mol. The second-order valence-corrected chi connectivity index (χ2v) is 9.85. The molecule has 3 aliphatic heterocycles. The molecule has 2 amide bonds. The number of hydrogen-bond acceptors (Lipinski definition) is 6.